The highest BCUT2D eigenvalue weighted by Gasteiger charge is 2.12. The summed E-state index contributed by atoms with van der Waals surface area (Å²) in [7, 11) is 0. The molecule has 0 aliphatic carbocycles. The lowest BCUT2D eigenvalue weighted by atomic mass is 9.97. The van der Waals surface area contributed by atoms with Gasteiger partial charge in [-0.2, -0.15) is 0 Å². The third kappa shape index (κ3) is 2.74. The minimum Gasteiger partial charge on any atom is -0.320 e. The number of hydrogen-bond acceptors (Lipinski definition) is 1. The molecule has 1 nitrogen and oxygen atoms in total. The minimum atomic E-state index is -0.163. The quantitative estimate of drug-likeness (QED) is 0.876. The van der Waals surface area contributed by atoms with Crippen LogP contribution in [0.15, 0.2) is 42.5 Å². The van der Waals surface area contributed by atoms with Gasteiger partial charge in [-0.3, -0.25) is 0 Å². The van der Waals surface area contributed by atoms with E-state index in [4.69, 9.17) is 17.3 Å². The molecule has 0 saturated heterocycles. The molecule has 2 heteroatoms. The van der Waals surface area contributed by atoms with Crippen LogP contribution in [0.5, 0.6) is 0 Å². The van der Waals surface area contributed by atoms with Crippen LogP contribution in [0.3, 0.4) is 0 Å². The van der Waals surface area contributed by atoms with E-state index in [2.05, 4.69) is 31.2 Å². The molecule has 0 aromatic heterocycles. The Kier molecular flexibility index (Phi) is 4.05. The highest BCUT2D eigenvalue weighted by atomic mass is 35.5. The Bertz CT molecular complexity index is 531. The molecule has 2 N–H and O–H groups in total. The number of aryl methyl sites for hydroxylation is 2. The fraction of sp³-hybridized carbons (Fsp3) is 0.250. The average molecular weight is 260 g/mol. The lowest BCUT2D eigenvalue weighted by molar-refractivity contribution is 0.869. The predicted octanol–water partition coefficient (Wildman–Crippen LogP) is 4.26. The second kappa shape index (κ2) is 5.55. The summed E-state index contributed by atoms with van der Waals surface area (Å²) in [6, 6.07) is 14.3. The van der Waals surface area contributed by atoms with E-state index in [1.54, 1.807) is 0 Å². The van der Waals surface area contributed by atoms with Crippen LogP contribution in [0.4, 0.5) is 0 Å². The van der Waals surface area contributed by atoms with Gasteiger partial charge in [0.15, 0.2) is 0 Å². The first-order chi connectivity index (χ1) is 8.61. The zero-order chi connectivity index (χ0) is 13.1. The standard InChI is InChI=1S/C16H18ClN/c1-3-12-5-7-13(8-6-12)16(18)14-9-4-11(2)10-15(14)17/h4-10,16H,3,18H2,1-2H3. The Hall–Kier alpha value is -1.31. The monoisotopic (exact) mass is 259 g/mol. The Morgan fingerprint density at radius 2 is 1.78 bits per heavy atom. The Morgan fingerprint density at radius 1 is 1.11 bits per heavy atom. The molecule has 0 aliphatic rings. The topological polar surface area (TPSA) is 26.0 Å². The molecule has 18 heavy (non-hydrogen) atoms. The van der Waals surface area contributed by atoms with Gasteiger partial charge in [-0.1, -0.05) is 54.9 Å². The molecule has 0 aliphatic heterocycles. The molecule has 2 aromatic carbocycles. The van der Waals surface area contributed by atoms with Crippen molar-refractivity contribution in [3.63, 3.8) is 0 Å². The summed E-state index contributed by atoms with van der Waals surface area (Å²) in [6.45, 7) is 4.17. The molecule has 0 spiro atoms. The number of nitrogens with two attached hydrogens (primary N) is 1. The Morgan fingerprint density at radius 3 is 2.33 bits per heavy atom. The van der Waals surface area contributed by atoms with Gasteiger partial charge in [0.05, 0.1) is 6.04 Å². The van der Waals surface area contributed by atoms with E-state index >= 15 is 0 Å². The molecule has 0 bridgehead atoms. The van der Waals surface area contributed by atoms with Gasteiger partial charge in [0.25, 0.3) is 0 Å². The van der Waals surface area contributed by atoms with Gasteiger partial charge < -0.3 is 5.73 Å². The molecule has 0 fully saturated rings. The van der Waals surface area contributed by atoms with Crippen LogP contribution in [0.2, 0.25) is 5.02 Å². The van der Waals surface area contributed by atoms with Crippen LogP contribution in [-0.4, -0.2) is 0 Å². The van der Waals surface area contributed by atoms with Crippen LogP contribution >= 0.6 is 11.6 Å². The summed E-state index contributed by atoms with van der Waals surface area (Å²) < 4.78 is 0. The van der Waals surface area contributed by atoms with Gasteiger partial charge in [0.1, 0.15) is 0 Å². The van der Waals surface area contributed by atoms with Crippen molar-refractivity contribution in [1.82, 2.24) is 0 Å². The van der Waals surface area contributed by atoms with Crippen molar-refractivity contribution in [1.29, 1.82) is 0 Å². The summed E-state index contributed by atoms with van der Waals surface area (Å²) in [6.07, 6.45) is 1.04. The summed E-state index contributed by atoms with van der Waals surface area (Å²) in [5.74, 6) is 0. The third-order valence-electron chi connectivity index (χ3n) is 3.24. The van der Waals surface area contributed by atoms with E-state index in [1.165, 1.54) is 5.56 Å². The highest BCUT2D eigenvalue weighted by Crippen LogP contribution is 2.27. The van der Waals surface area contributed by atoms with Gasteiger partial charge in [0, 0.05) is 5.02 Å². The van der Waals surface area contributed by atoms with Crippen molar-refractivity contribution < 1.29 is 0 Å². The number of benzene rings is 2. The molecule has 0 amide bonds. The van der Waals surface area contributed by atoms with Crippen molar-refractivity contribution in [3.05, 3.63) is 69.7 Å². The first-order valence-electron chi connectivity index (χ1n) is 6.22. The first kappa shape index (κ1) is 13.1. The summed E-state index contributed by atoms with van der Waals surface area (Å²) in [5, 5.41) is 0.738. The van der Waals surface area contributed by atoms with Gasteiger partial charge in [0.2, 0.25) is 0 Å². The lowest BCUT2D eigenvalue weighted by Gasteiger charge is -2.15. The van der Waals surface area contributed by atoms with Crippen LogP contribution < -0.4 is 5.73 Å². The van der Waals surface area contributed by atoms with E-state index < -0.39 is 0 Å². The van der Waals surface area contributed by atoms with Crippen molar-refractivity contribution in [2.24, 2.45) is 5.73 Å². The van der Waals surface area contributed by atoms with Crippen molar-refractivity contribution in [3.8, 4) is 0 Å². The van der Waals surface area contributed by atoms with Crippen LogP contribution in [0.1, 0.15) is 35.2 Å². The Labute approximate surface area is 114 Å². The van der Waals surface area contributed by atoms with E-state index in [1.807, 2.05) is 25.1 Å². The second-order valence-electron chi connectivity index (χ2n) is 4.60. The fourth-order valence-corrected chi connectivity index (χ4v) is 2.38. The van der Waals surface area contributed by atoms with Crippen LogP contribution in [0, 0.1) is 6.92 Å². The normalized spacial score (nSPS) is 12.4. The molecule has 2 aromatic rings. The molecule has 94 valence electrons. The van der Waals surface area contributed by atoms with Crippen LogP contribution in [0.25, 0.3) is 0 Å². The number of hydrogen-bond donors (Lipinski definition) is 1. The molecular formula is C16H18ClN. The largest absolute Gasteiger partial charge is 0.320 e. The second-order valence-corrected chi connectivity index (χ2v) is 5.00. The zero-order valence-electron chi connectivity index (χ0n) is 10.8. The fourth-order valence-electron chi connectivity index (χ4n) is 2.02. The van der Waals surface area contributed by atoms with E-state index in [-0.39, 0.29) is 6.04 Å². The highest BCUT2D eigenvalue weighted by molar-refractivity contribution is 6.31. The maximum Gasteiger partial charge on any atom is 0.0566 e. The predicted molar refractivity (Wildman–Crippen MR) is 78.0 cm³/mol. The minimum absolute atomic E-state index is 0.163. The molecule has 1 atom stereocenters. The smallest absolute Gasteiger partial charge is 0.0566 e. The SMILES string of the molecule is CCc1ccc(C(N)c2ccc(C)cc2Cl)cc1. The molecule has 0 radical (unpaired) electrons. The molecule has 2 rings (SSSR count). The maximum absolute atomic E-state index is 6.27. The lowest BCUT2D eigenvalue weighted by Crippen LogP contribution is -2.12. The summed E-state index contributed by atoms with van der Waals surface area (Å²) in [4.78, 5) is 0. The van der Waals surface area contributed by atoms with E-state index in [9.17, 15) is 0 Å². The van der Waals surface area contributed by atoms with Gasteiger partial charge in [-0.15, -0.1) is 0 Å². The van der Waals surface area contributed by atoms with Crippen molar-refractivity contribution in [2.75, 3.05) is 0 Å². The Balaban J connectivity index is 2.31. The summed E-state index contributed by atoms with van der Waals surface area (Å²) >= 11 is 6.25. The van der Waals surface area contributed by atoms with E-state index in [0.717, 1.165) is 28.1 Å². The van der Waals surface area contributed by atoms with Crippen molar-refractivity contribution >= 4 is 11.6 Å². The van der Waals surface area contributed by atoms with Crippen molar-refractivity contribution in [2.45, 2.75) is 26.3 Å². The number of halogens is 1. The third-order valence-corrected chi connectivity index (χ3v) is 3.57. The molecular weight excluding hydrogens is 242 g/mol. The zero-order valence-corrected chi connectivity index (χ0v) is 11.5. The summed E-state index contributed by atoms with van der Waals surface area (Å²) in [5.41, 5.74) is 10.8. The number of rotatable bonds is 3. The molecule has 1 unspecified atom stereocenters. The van der Waals surface area contributed by atoms with E-state index in [0.29, 0.717) is 0 Å². The van der Waals surface area contributed by atoms with Gasteiger partial charge >= 0.3 is 0 Å². The molecule has 0 saturated carbocycles. The first-order valence-corrected chi connectivity index (χ1v) is 6.60. The maximum atomic E-state index is 6.27. The molecule has 0 heterocycles. The average Bonchev–Trinajstić information content (AvgIpc) is 2.38. The van der Waals surface area contributed by atoms with Crippen LogP contribution in [-0.2, 0) is 6.42 Å². The van der Waals surface area contributed by atoms with Gasteiger partial charge in [-0.05, 0) is 41.7 Å². The van der Waals surface area contributed by atoms with Gasteiger partial charge in [-0.25, -0.2) is 0 Å².